The molecular weight excluding hydrogens is 420 g/mol. The van der Waals surface area contributed by atoms with Gasteiger partial charge in [-0.25, -0.2) is 9.78 Å². The zero-order valence-electron chi connectivity index (χ0n) is 19.1. The lowest BCUT2D eigenvalue weighted by Crippen LogP contribution is -2.33. The molecule has 1 atom stereocenters. The van der Waals surface area contributed by atoms with E-state index in [1.54, 1.807) is 17.2 Å². The maximum atomic E-state index is 12.7. The second kappa shape index (κ2) is 10.3. The summed E-state index contributed by atoms with van der Waals surface area (Å²) >= 11 is 0. The van der Waals surface area contributed by atoms with Crippen molar-refractivity contribution in [1.82, 2.24) is 20.0 Å². The van der Waals surface area contributed by atoms with E-state index in [-0.39, 0.29) is 6.03 Å². The first-order chi connectivity index (χ1) is 16.0. The number of amides is 2. The van der Waals surface area contributed by atoms with Crippen molar-refractivity contribution < 1.29 is 14.1 Å². The van der Waals surface area contributed by atoms with Gasteiger partial charge in [0, 0.05) is 43.9 Å². The Bertz CT molecular complexity index is 1070. The number of anilines is 2. The number of pyridine rings is 1. The van der Waals surface area contributed by atoms with Crippen LogP contribution in [0.5, 0.6) is 5.75 Å². The van der Waals surface area contributed by atoms with E-state index in [4.69, 9.17) is 15.0 Å². The van der Waals surface area contributed by atoms with Gasteiger partial charge in [-0.3, -0.25) is 4.90 Å². The Kier molecular flexibility index (Phi) is 7.07. The lowest BCUT2D eigenvalue weighted by molar-refractivity contribution is 0.214. The number of aryl methyl sites for hydroxylation is 1. The molecule has 2 N–H and O–H groups in total. The Hall–Kier alpha value is -3.62. The molecule has 2 aromatic heterocycles. The van der Waals surface area contributed by atoms with Crippen LogP contribution in [-0.4, -0.2) is 52.3 Å². The monoisotopic (exact) mass is 450 g/mol. The largest absolute Gasteiger partial charge is 0.494 e. The molecule has 1 saturated heterocycles. The second-order valence-electron chi connectivity index (χ2n) is 8.28. The Morgan fingerprint density at radius 1 is 1.18 bits per heavy atom. The molecule has 9 nitrogen and oxygen atoms in total. The van der Waals surface area contributed by atoms with E-state index in [0.717, 1.165) is 49.4 Å². The van der Waals surface area contributed by atoms with Gasteiger partial charge < -0.3 is 19.9 Å². The summed E-state index contributed by atoms with van der Waals surface area (Å²) in [6.45, 7) is 6.91. The molecule has 3 heterocycles. The molecule has 9 heteroatoms. The third-order valence-electron chi connectivity index (χ3n) is 5.83. The van der Waals surface area contributed by atoms with Crippen molar-refractivity contribution >= 4 is 17.5 Å². The number of hydrogen-bond acceptors (Lipinski definition) is 7. The zero-order valence-corrected chi connectivity index (χ0v) is 19.1. The van der Waals surface area contributed by atoms with Crippen molar-refractivity contribution in [3.8, 4) is 17.1 Å². The van der Waals surface area contributed by atoms with Gasteiger partial charge in [-0.1, -0.05) is 19.0 Å². The molecule has 0 saturated carbocycles. The first kappa shape index (κ1) is 22.6. The number of nitrogens with zero attached hydrogens (tertiary/aromatic N) is 5. The topological polar surface area (TPSA) is 111 Å². The molecule has 2 amide bonds. The Morgan fingerprint density at radius 3 is 2.73 bits per heavy atom. The van der Waals surface area contributed by atoms with Gasteiger partial charge in [0.25, 0.3) is 0 Å². The lowest BCUT2D eigenvalue weighted by atomic mass is 10.0. The van der Waals surface area contributed by atoms with Crippen LogP contribution < -0.4 is 15.4 Å². The molecule has 3 aromatic rings. The quantitative estimate of drug-likeness (QED) is 0.497. The van der Waals surface area contributed by atoms with Crippen LogP contribution in [0.25, 0.3) is 11.4 Å². The van der Waals surface area contributed by atoms with Crippen LogP contribution in [-0.2, 0) is 6.42 Å². The van der Waals surface area contributed by atoms with Gasteiger partial charge in [0.2, 0.25) is 11.7 Å². The van der Waals surface area contributed by atoms with Crippen molar-refractivity contribution in [3.63, 3.8) is 0 Å². The summed E-state index contributed by atoms with van der Waals surface area (Å²) < 4.78 is 11.1. The molecule has 1 fully saturated rings. The van der Waals surface area contributed by atoms with Crippen LogP contribution in [0.1, 0.15) is 32.6 Å². The van der Waals surface area contributed by atoms with E-state index < -0.39 is 0 Å². The van der Waals surface area contributed by atoms with Gasteiger partial charge in [-0.15, -0.1) is 0 Å². The van der Waals surface area contributed by atoms with Crippen LogP contribution in [0.3, 0.4) is 0 Å². The molecule has 0 bridgehead atoms. The van der Waals surface area contributed by atoms with E-state index in [0.29, 0.717) is 36.6 Å². The number of urea groups is 1. The summed E-state index contributed by atoms with van der Waals surface area (Å²) in [6, 6.07) is 11.3. The second-order valence-corrected chi connectivity index (χ2v) is 8.28. The van der Waals surface area contributed by atoms with Crippen molar-refractivity contribution in [2.75, 3.05) is 36.9 Å². The van der Waals surface area contributed by atoms with Crippen molar-refractivity contribution in [3.05, 3.63) is 48.5 Å². The molecule has 4 rings (SSSR count). The highest BCUT2D eigenvalue weighted by Gasteiger charge is 2.29. The molecule has 0 radical (unpaired) electrons. The predicted octanol–water partition coefficient (Wildman–Crippen LogP) is 4.01. The third-order valence-corrected chi connectivity index (χ3v) is 5.83. The predicted molar refractivity (Wildman–Crippen MR) is 126 cm³/mol. The van der Waals surface area contributed by atoms with E-state index in [9.17, 15) is 4.79 Å². The lowest BCUT2D eigenvalue weighted by Gasteiger charge is -2.20. The summed E-state index contributed by atoms with van der Waals surface area (Å²) in [7, 11) is 0. The summed E-state index contributed by atoms with van der Waals surface area (Å²) in [5.41, 5.74) is 7.45. The molecule has 174 valence electrons. The first-order valence-electron chi connectivity index (χ1n) is 11.4. The first-order valence-corrected chi connectivity index (χ1v) is 11.4. The number of benzene rings is 1. The number of aromatic nitrogens is 3. The molecule has 1 aliphatic rings. The number of nitrogen functional groups attached to an aromatic ring is 1. The highest BCUT2D eigenvalue weighted by molar-refractivity contribution is 5.94. The fourth-order valence-electron chi connectivity index (χ4n) is 3.75. The molecule has 1 unspecified atom stereocenters. The standard InChI is InChI=1S/C24H30N6O3/c1-3-22-27-23(28-33-22)18-4-6-20(7-5-18)32-15-10-17(2)9-12-29-13-14-30(24(29)31)19-8-11-26-21(25)16-19/h4-8,11,16-17H,3,9-10,12-15H2,1-2H3,(H2,25,26). The van der Waals surface area contributed by atoms with Gasteiger partial charge in [0.15, 0.2) is 0 Å². The number of carbonyl (C=O) groups excluding carboxylic acids is 1. The van der Waals surface area contributed by atoms with Crippen LogP contribution in [0.15, 0.2) is 47.1 Å². The highest BCUT2D eigenvalue weighted by Crippen LogP contribution is 2.23. The summed E-state index contributed by atoms with van der Waals surface area (Å²) in [5, 5.41) is 3.99. The molecule has 33 heavy (non-hydrogen) atoms. The third kappa shape index (κ3) is 5.60. The van der Waals surface area contributed by atoms with Crippen molar-refractivity contribution in [2.45, 2.75) is 33.1 Å². The Balaban J connectivity index is 1.18. The number of rotatable bonds is 10. The van der Waals surface area contributed by atoms with Gasteiger partial charge in [-0.05, 0) is 49.1 Å². The summed E-state index contributed by atoms with van der Waals surface area (Å²) in [6.07, 6.45) is 4.19. The molecule has 0 spiro atoms. The normalized spacial score (nSPS) is 14.7. The number of hydrogen-bond donors (Lipinski definition) is 1. The minimum atomic E-state index is 0.0248. The number of nitrogens with two attached hydrogens (primary N) is 1. The molecular formula is C24H30N6O3. The van der Waals surface area contributed by atoms with E-state index in [1.165, 1.54) is 0 Å². The van der Waals surface area contributed by atoms with E-state index in [1.807, 2.05) is 42.2 Å². The Labute approximate surface area is 193 Å². The SMILES string of the molecule is CCc1nc(-c2ccc(OCCC(C)CCN3CCN(c4ccnc(N)c4)C3=O)cc2)no1. The molecule has 1 aliphatic heterocycles. The molecule has 0 aliphatic carbocycles. The summed E-state index contributed by atoms with van der Waals surface area (Å²) in [4.78, 5) is 24.7. The van der Waals surface area contributed by atoms with E-state index in [2.05, 4.69) is 22.0 Å². The van der Waals surface area contributed by atoms with Crippen LogP contribution in [0, 0.1) is 5.92 Å². The maximum Gasteiger partial charge on any atom is 0.324 e. The smallest absolute Gasteiger partial charge is 0.324 e. The minimum Gasteiger partial charge on any atom is -0.494 e. The van der Waals surface area contributed by atoms with Crippen LogP contribution in [0.2, 0.25) is 0 Å². The number of carbonyl (C=O) groups is 1. The number of ether oxygens (including phenoxy) is 1. The zero-order chi connectivity index (χ0) is 23.2. The van der Waals surface area contributed by atoms with Crippen molar-refractivity contribution in [2.24, 2.45) is 5.92 Å². The van der Waals surface area contributed by atoms with Gasteiger partial charge >= 0.3 is 6.03 Å². The fraction of sp³-hybridized carbons (Fsp3) is 0.417. The summed E-state index contributed by atoms with van der Waals surface area (Å²) in [5.74, 6) is 2.89. The van der Waals surface area contributed by atoms with Gasteiger partial charge in [0.1, 0.15) is 11.6 Å². The highest BCUT2D eigenvalue weighted by atomic mass is 16.5. The average molecular weight is 451 g/mol. The van der Waals surface area contributed by atoms with Crippen molar-refractivity contribution in [1.29, 1.82) is 0 Å². The average Bonchev–Trinajstić information content (AvgIpc) is 3.45. The van der Waals surface area contributed by atoms with Crippen LogP contribution in [0.4, 0.5) is 16.3 Å². The molecule has 1 aromatic carbocycles. The van der Waals surface area contributed by atoms with Gasteiger partial charge in [0.05, 0.1) is 12.3 Å². The van der Waals surface area contributed by atoms with Gasteiger partial charge in [-0.2, -0.15) is 4.98 Å². The fourth-order valence-corrected chi connectivity index (χ4v) is 3.75. The maximum absolute atomic E-state index is 12.7. The van der Waals surface area contributed by atoms with E-state index >= 15 is 0 Å². The van der Waals surface area contributed by atoms with Crippen LogP contribution >= 0.6 is 0 Å². The Morgan fingerprint density at radius 2 is 2.00 bits per heavy atom. The minimum absolute atomic E-state index is 0.0248.